The van der Waals surface area contributed by atoms with Crippen LogP contribution in [0.5, 0.6) is 0 Å². The lowest BCUT2D eigenvalue weighted by molar-refractivity contribution is -0.394. The average Bonchev–Trinajstić information content (AvgIpc) is 3.04. The third-order valence-corrected chi connectivity index (χ3v) is 3.31. The topological polar surface area (TPSA) is 104 Å². The molecule has 0 fully saturated rings. The Labute approximate surface area is 129 Å². The van der Waals surface area contributed by atoms with Gasteiger partial charge in [0.1, 0.15) is 5.69 Å². The van der Waals surface area contributed by atoms with Crippen molar-refractivity contribution in [2.75, 3.05) is 0 Å². The van der Waals surface area contributed by atoms with Crippen LogP contribution in [0.1, 0.15) is 0 Å². The summed E-state index contributed by atoms with van der Waals surface area (Å²) in [6.07, 6.45) is 1.52. The minimum absolute atomic E-state index is 0.171. The van der Waals surface area contributed by atoms with Gasteiger partial charge in [-0.1, -0.05) is 30.3 Å². The fraction of sp³-hybridized carbons (Fsp3) is 0. The van der Waals surface area contributed by atoms with Gasteiger partial charge in [-0.2, -0.15) is 5.10 Å². The predicted molar refractivity (Wildman–Crippen MR) is 82.3 cm³/mol. The van der Waals surface area contributed by atoms with E-state index in [1.165, 1.54) is 23.0 Å². The molecule has 0 saturated carbocycles. The number of nitrogens with zero attached hydrogens (tertiary/aromatic N) is 4. The summed E-state index contributed by atoms with van der Waals surface area (Å²) >= 11 is 0. The normalized spacial score (nSPS) is 10.4. The lowest BCUT2D eigenvalue weighted by Crippen LogP contribution is -2.04. The van der Waals surface area contributed by atoms with Crippen LogP contribution in [0.4, 0.5) is 11.4 Å². The summed E-state index contributed by atoms with van der Waals surface area (Å²) in [7, 11) is 0. The van der Waals surface area contributed by atoms with Crippen LogP contribution in [0.3, 0.4) is 0 Å². The van der Waals surface area contributed by atoms with Crippen molar-refractivity contribution >= 4 is 11.4 Å². The van der Waals surface area contributed by atoms with Crippen molar-refractivity contribution in [1.29, 1.82) is 0 Å². The number of benzene rings is 2. The number of non-ortho nitro benzene ring substituents is 1. The van der Waals surface area contributed by atoms with Crippen molar-refractivity contribution in [3.8, 4) is 16.9 Å². The molecule has 0 saturated heterocycles. The Morgan fingerprint density at radius 3 is 2.30 bits per heavy atom. The Hall–Kier alpha value is -3.55. The van der Waals surface area contributed by atoms with Crippen molar-refractivity contribution in [3.05, 3.63) is 81.0 Å². The van der Waals surface area contributed by atoms with E-state index in [-0.39, 0.29) is 17.1 Å². The quantitative estimate of drug-likeness (QED) is 0.543. The third-order valence-electron chi connectivity index (χ3n) is 3.31. The Morgan fingerprint density at radius 2 is 1.65 bits per heavy atom. The number of aromatic nitrogens is 2. The van der Waals surface area contributed by atoms with Crippen molar-refractivity contribution in [1.82, 2.24) is 9.78 Å². The zero-order valence-electron chi connectivity index (χ0n) is 11.7. The molecule has 2 aromatic carbocycles. The summed E-state index contributed by atoms with van der Waals surface area (Å²) in [5.74, 6) is 0. The highest BCUT2D eigenvalue weighted by Gasteiger charge is 2.22. The van der Waals surface area contributed by atoms with Gasteiger partial charge in [0, 0.05) is 11.6 Å². The summed E-state index contributed by atoms with van der Waals surface area (Å²) in [4.78, 5) is 20.8. The Kier molecular flexibility index (Phi) is 3.55. The molecule has 0 radical (unpaired) electrons. The summed E-state index contributed by atoms with van der Waals surface area (Å²) < 4.78 is 1.40. The van der Waals surface area contributed by atoms with Crippen LogP contribution < -0.4 is 0 Å². The SMILES string of the molecule is O=[N+]([O-])c1ccc(-n2nccc2-c2ccccc2)c([N+](=O)[O-])c1. The maximum absolute atomic E-state index is 11.3. The van der Waals surface area contributed by atoms with E-state index in [0.29, 0.717) is 5.69 Å². The van der Waals surface area contributed by atoms with Gasteiger partial charge in [0.2, 0.25) is 0 Å². The van der Waals surface area contributed by atoms with Gasteiger partial charge in [0.05, 0.1) is 27.8 Å². The number of hydrogen-bond donors (Lipinski definition) is 0. The number of rotatable bonds is 4. The van der Waals surface area contributed by atoms with Crippen molar-refractivity contribution in [3.63, 3.8) is 0 Å². The van der Waals surface area contributed by atoms with Gasteiger partial charge in [-0.3, -0.25) is 20.2 Å². The largest absolute Gasteiger partial charge is 0.301 e. The number of hydrogen-bond acceptors (Lipinski definition) is 5. The molecule has 0 bridgehead atoms. The Morgan fingerprint density at radius 1 is 0.913 bits per heavy atom. The highest BCUT2D eigenvalue weighted by Crippen LogP contribution is 2.30. The Bertz CT molecular complexity index is 890. The van der Waals surface area contributed by atoms with Crippen LogP contribution in [0, 0.1) is 20.2 Å². The fourth-order valence-corrected chi connectivity index (χ4v) is 2.27. The highest BCUT2D eigenvalue weighted by molar-refractivity contribution is 5.66. The first-order valence-corrected chi connectivity index (χ1v) is 6.60. The molecule has 1 heterocycles. The van der Waals surface area contributed by atoms with Gasteiger partial charge < -0.3 is 0 Å². The van der Waals surface area contributed by atoms with E-state index < -0.39 is 9.85 Å². The standard InChI is InChI=1S/C15H10N4O4/c20-18(21)12-6-7-14(15(10-12)19(22)23)17-13(8-9-16-17)11-4-2-1-3-5-11/h1-10H. The molecule has 0 aliphatic heterocycles. The molecular weight excluding hydrogens is 300 g/mol. The first-order valence-electron chi connectivity index (χ1n) is 6.60. The molecule has 0 spiro atoms. The summed E-state index contributed by atoms with van der Waals surface area (Å²) in [5.41, 5.74) is 0.943. The van der Waals surface area contributed by atoms with Crippen LogP contribution in [0.2, 0.25) is 0 Å². The van der Waals surface area contributed by atoms with E-state index in [4.69, 9.17) is 0 Å². The minimum Gasteiger partial charge on any atom is -0.258 e. The predicted octanol–water partition coefficient (Wildman–Crippen LogP) is 3.36. The van der Waals surface area contributed by atoms with Crippen LogP contribution in [-0.2, 0) is 0 Å². The van der Waals surface area contributed by atoms with Gasteiger partial charge in [0.15, 0.2) is 0 Å². The second-order valence-corrected chi connectivity index (χ2v) is 4.68. The molecule has 0 unspecified atom stereocenters. The van der Waals surface area contributed by atoms with Gasteiger partial charge in [-0.05, 0) is 12.1 Å². The summed E-state index contributed by atoms with van der Waals surface area (Å²) in [6.45, 7) is 0. The van der Waals surface area contributed by atoms with E-state index in [2.05, 4.69) is 5.10 Å². The van der Waals surface area contributed by atoms with Gasteiger partial charge in [0.25, 0.3) is 5.69 Å². The molecule has 0 aliphatic rings. The summed E-state index contributed by atoms with van der Waals surface area (Å²) in [6, 6.07) is 14.5. The first-order chi connectivity index (χ1) is 11.1. The van der Waals surface area contributed by atoms with E-state index in [0.717, 1.165) is 11.6 Å². The van der Waals surface area contributed by atoms with Crippen molar-refractivity contribution in [2.45, 2.75) is 0 Å². The molecule has 1 aromatic heterocycles. The van der Waals surface area contributed by atoms with Gasteiger partial charge >= 0.3 is 5.69 Å². The lowest BCUT2D eigenvalue weighted by atomic mass is 10.1. The van der Waals surface area contributed by atoms with Gasteiger partial charge in [-0.15, -0.1) is 0 Å². The fourth-order valence-electron chi connectivity index (χ4n) is 2.27. The second kappa shape index (κ2) is 5.68. The van der Waals surface area contributed by atoms with Crippen LogP contribution in [0.15, 0.2) is 60.8 Å². The molecule has 8 nitrogen and oxygen atoms in total. The molecule has 0 aliphatic carbocycles. The van der Waals surface area contributed by atoms with Crippen LogP contribution in [0.25, 0.3) is 16.9 Å². The lowest BCUT2D eigenvalue weighted by Gasteiger charge is -2.08. The van der Waals surface area contributed by atoms with E-state index >= 15 is 0 Å². The monoisotopic (exact) mass is 310 g/mol. The highest BCUT2D eigenvalue weighted by atomic mass is 16.6. The summed E-state index contributed by atoms with van der Waals surface area (Å²) in [5, 5.41) is 26.2. The molecule has 0 amide bonds. The molecule has 3 rings (SSSR count). The maximum atomic E-state index is 11.3. The van der Waals surface area contributed by atoms with Gasteiger partial charge in [-0.25, -0.2) is 4.68 Å². The van der Waals surface area contributed by atoms with E-state index in [9.17, 15) is 20.2 Å². The molecule has 3 aromatic rings. The zero-order valence-corrected chi connectivity index (χ0v) is 11.7. The minimum atomic E-state index is -0.669. The molecule has 0 N–H and O–H groups in total. The number of nitro benzene ring substituents is 2. The van der Waals surface area contributed by atoms with E-state index in [1.807, 2.05) is 30.3 Å². The van der Waals surface area contributed by atoms with Crippen molar-refractivity contribution in [2.24, 2.45) is 0 Å². The molecule has 23 heavy (non-hydrogen) atoms. The van der Waals surface area contributed by atoms with Crippen molar-refractivity contribution < 1.29 is 9.85 Å². The van der Waals surface area contributed by atoms with E-state index in [1.54, 1.807) is 6.07 Å². The molecule has 8 heteroatoms. The average molecular weight is 310 g/mol. The molecule has 114 valence electrons. The zero-order chi connectivity index (χ0) is 16.4. The maximum Gasteiger partial charge on any atom is 0.301 e. The van der Waals surface area contributed by atoms with Crippen LogP contribution in [-0.4, -0.2) is 19.6 Å². The molecule has 0 atom stereocenters. The number of nitro groups is 2. The molecular formula is C15H10N4O4. The third kappa shape index (κ3) is 2.64. The first kappa shape index (κ1) is 14.4. The van der Waals surface area contributed by atoms with Crippen LogP contribution >= 0.6 is 0 Å². The smallest absolute Gasteiger partial charge is 0.258 e. The Balaban J connectivity index is 2.19. The second-order valence-electron chi connectivity index (χ2n) is 4.68.